The molecule has 0 aromatic rings. The molecular formula is C13H21NO4. The SMILES string of the molecule is CC(=O)C(NC(=O)C=CC(=O)OC(C)C)C(C)C. The van der Waals surface area contributed by atoms with Gasteiger partial charge < -0.3 is 10.1 Å². The van der Waals surface area contributed by atoms with Gasteiger partial charge in [-0.1, -0.05) is 13.8 Å². The predicted molar refractivity (Wildman–Crippen MR) is 67.8 cm³/mol. The van der Waals surface area contributed by atoms with Gasteiger partial charge in [-0.15, -0.1) is 0 Å². The van der Waals surface area contributed by atoms with Crippen LogP contribution < -0.4 is 5.32 Å². The zero-order chi connectivity index (χ0) is 14.3. The van der Waals surface area contributed by atoms with E-state index in [9.17, 15) is 14.4 Å². The molecule has 18 heavy (non-hydrogen) atoms. The van der Waals surface area contributed by atoms with Crippen LogP contribution >= 0.6 is 0 Å². The Hall–Kier alpha value is -1.65. The van der Waals surface area contributed by atoms with E-state index in [1.54, 1.807) is 13.8 Å². The Morgan fingerprint density at radius 2 is 1.61 bits per heavy atom. The molecule has 0 bridgehead atoms. The molecule has 1 amide bonds. The van der Waals surface area contributed by atoms with Gasteiger partial charge in [0, 0.05) is 12.2 Å². The van der Waals surface area contributed by atoms with Gasteiger partial charge in [-0.25, -0.2) is 4.79 Å². The molecule has 0 fully saturated rings. The van der Waals surface area contributed by atoms with E-state index in [4.69, 9.17) is 4.74 Å². The number of rotatable bonds is 6. The predicted octanol–water partition coefficient (Wildman–Crippen LogP) is 1.22. The Morgan fingerprint density at radius 1 is 1.06 bits per heavy atom. The Kier molecular flexibility index (Phi) is 6.93. The lowest BCUT2D eigenvalue weighted by Gasteiger charge is -2.18. The van der Waals surface area contributed by atoms with Crippen LogP contribution in [0.2, 0.25) is 0 Å². The van der Waals surface area contributed by atoms with Gasteiger partial charge in [0.05, 0.1) is 12.1 Å². The highest BCUT2D eigenvalue weighted by Gasteiger charge is 2.19. The summed E-state index contributed by atoms with van der Waals surface area (Å²) in [5.74, 6) is -1.17. The fraction of sp³-hybridized carbons (Fsp3) is 0.615. The molecule has 0 rings (SSSR count). The van der Waals surface area contributed by atoms with Crippen molar-refractivity contribution in [2.24, 2.45) is 5.92 Å². The third-order valence-electron chi connectivity index (χ3n) is 2.13. The maximum absolute atomic E-state index is 11.5. The standard InChI is InChI=1S/C13H21NO4/c1-8(2)13(10(5)15)14-11(16)6-7-12(17)18-9(3)4/h6-9,13H,1-5H3,(H,14,16). The maximum atomic E-state index is 11.5. The maximum Gasteiger partial charge on any atom is 0.331 e. The summed E-state index contributed by atoms with van der Waals surface area (Å²) in [6.07, 6.45) is 1.89. The summed E-state index contributed by atoms with van der Waals surface area (Å²) in [4.78, 5) is 33.9. The highest BCUT2D eigenvalue weighted by molar-refractivity contribution is 5.97. The van der Waals surface area contributed by atoms with Crippen LogP contribution in [-0.2, 0) is 19.1 Å². The summed E-state index contributed by atoms with van der Waals surface area (Å²) in [5, 5.41) is 2.54. The van der Waals surface area contributed by atoms with E-state index in [0.29, 0.717) is 0 Å². The van der Waals surface area contributed by atoms with Gasteiger partial charge in [-0.3, -0.25) is 9.59 Å². The van der Waals surface area contributed by atoms with Crippen molar-refractivity contribution in [2.45, 2.75) is 46.8 Å². The van der Waals surface area contributed by atoms with Crippen LogP contribution in [0.3, 0.4) is 0 Å². The van der Waals surface area contributed by atoms with Crippen LogP contribution in [-0.4, -0.2) is 29.8 Å². The number of carbonyl (C=O) groups excluding carboxylic acids is 3. The zero-order valence-corrected chi connectivity index (χ0v) is 11.5. The number of esters is 1. The average Bonchev–Trinajstić information content (AvgIpc) is 2.21. The van der Waals surface area contributed by atoms with Crippen molar-refractivity contribution in [1.29, 1.82) is 0 Å². The van der Waals surface area contributed by atoms with E-state index in [0.717, 1.165) is 12.2 Å². The first-order valence-electron chi connectivity index (χ1n) is 5.93. The van der Waals surface area contributed by atoms with Gasteiger partial charge in [0.2, 0.25) is 5.91 Å². The highest BCUT2D eigenvalue weighted by Crippen LogP contribution is 2.02. The smallest absolute Gasteiger partial charge is 0.331 e. The van der Waals surface area contributed by atoms with Crippen molar-refractivity contribution in [3.05, 3.63) is 12.2 Å². The normalized spacial score (nSPS) is 12.8. The first kappa shape index (κ1) is 16.4. The van der Waals surface area contributed by atoms with E-state index >= 15 is 0 Å². The van der Waals surface area contributed by atoms with E-state index < -0.39 is 17.9 Å². The summed E-state index contributed by atoms with van der Waals surface area (Å²) < 4.78 is 4.83. The molecule has 0 aliphatic rings. The van der Waals surface area contributed by atoms with Crippen LogP contribution in [0, 0.1) is 5.92 Å². The summed E-state index contributed by atoms with van der Waals surface area (Å²) in [6, 6.07) is -0.539. The van der Waals surface area contributed by atoms with E-state index in [2.05, 4.69) is 5.32 Å². The Labute approximate surface area is 108 Å². The molecule has 0 aromatic carbocycles. The molecule has 5 heteroatoms. The molecule has 0 saturated heterocycles. The number of ether oxygens (including phenoxy) is 1. The molecule has 0 spiro atoms. The van der Waals surface area contributed by atoms with Crippen molar-refractivity contribution in [3.63, 3.8) is 0 Å². The first-order chi connectivity index (χ1) is 8.23. The second-order valence-electron chi connectivity index (χ2n) is 4.66. The Balaban J connectivity index is 4.37. The van der Waals surface area contributed by atoms with Crippen molar-refractivity contribution in [2.75, 3.05) is 0 Å². The molecule has 1 N–H and O–H groups in total. The molecule has 0 heterocycles. The molecule has 1 unspecified atom stereocenters. The monoisotopic (exact) mass is 255 g/mol. The van der Waals surface area contributed by atoms with Crippen LogP contribution in [0.5, 0.6) is 0 Å². The third-order valence-corrected chi connectivity index (χ3v) is 2.13. The lowest BCUT2D eigenvalue weighted by Crippen LogP contribution is -2.42. The fourth-order valence-electron chi connectivity index (χ4n) is 1.35. The van der Waals surface area contributed by atoms with E-state index in [1.807, 2.05) is 13.8 Å². The van der Waals surface area contributed by atoms with Crippen LogP contribution in [0.25, 0.3) is 0 Å². The van der Waals surface area contributed by atoms with Crippen molar-refractivity contribution in [3.8, 4) is 0 Å². The Morgan fingerprint density at radius 3 is 2.00 bits per heavy atom. The van der Waals surface area contributed by atoms with Crippen molar-refractivity contribution < 1.29 is 19.1 Å². The molecule has 5 nitrogen and oxygen atoms in total. The minimum absolute atomic E-state index is 0.00228. The van der Waals surface area contributed by atoms with Gasteiger partial charge in [0.1, 0.15) is 0 Å². The number of carbonyl (C=O) groups is 3. The molecule has 0 radical (unpaired) electrons. The second kappa shape index (κ2) is 7.63. The average molecular weight is 255 g/mol. The van der Waals surface area contributed by atoms with Crippen molar-refractivity contribution >= 4 is 17.7 Å². The van der Waals surface area contributed by atoms with E-state index in [-0.39, 0.29) is 17.8 Å². The molecule has 102 valence electrons. The number of ketones is 1. The number of nitrogens with one attached hydrogen (secondary N) is 1. The van der Waals surface area contributed by atoms with Crippen LogP contribution in [0.4, 0.5) is 0 Å². The fourth-order valence-corrected chi connectivity index (χ4v) is 1.35. The Bertz CT molecular complexity index is 345. The minimum Gasteiger partial charge on any atom is -0.460 e. The van der Waals surface area contributed by atoms with Gasteiger partial charge >= 0.3 is 5.97 Å². The highest BCUT2D eigenvalue weighted by atomic mass is 16.5. The molecular weight excluding hydrogens is 234 g/mol. The number of amides is 1. The number of Topliss-reactive ketones (excluding diaryl/α,β-unsaturated/α-hetero) is 1. The third kappa shape index (κ3) is 6.83. The van der Waals surface area contributed by atoms with Gasteiger partial charge in [-0.05, 0) is 26.7 Å². The molecule has 0 aliphatic heterocycles. The first-order valence-corrected chi connectivity index (χ1v) is 5.93. The summed E-state index contributed by atoms with van der Waals surface area (Å²) in [5.41, 5.74) is 0. The number of hydrogen-bond acceptors (Lipinski definition) is 4. The lowest BCUT2D eigenvalue weighted by atomic mass is 10.0. The summed E-state index contributed by atoms with van der Waals surface area (Å²) in [6.45, 7) is 8.53. The van der Waals surface area contributed by atoms with Crippen molar-refractivity contribution in [1.82, 2.24) is 5.32 Å². The molecule has 0 aliphatic carbocycles. The van der Waals surface area contributed by atoms with Crippen LogP contribution in [0.1, 0.15) is 34.6 Å². The quantitative estimate of drug-likeness (QED) is 0.572. The van der Waals surface area contributed by atoms with Crippen LogP contribution in [0.15, 0.2) is 12.2 Å². The molecule has 1 atom stereocenters. The van der Waals surface area contributed by atoms with Gasteiger partial charge in [-0.2, -0.15) is 0 Å². The lowest BCUT2D eigenvalue weighted by molar-refractivity contribution is -0.141. The topological polar surface area (TPSA) is 72.5 Å². The molecule has 0 saturated carbocycles. The number of hydrogen-bond donors (Lipinski definition) is 1. The minimum atomic E-state index is -0.580. The van der Waals surface area contributed by atoms with Gasteiger partial charge in [0.25, 0.3) is 0 Å². The largest absolute Gasteiger partial charge is 0.460 e. The zero-order valence-electron chi connectivity index (χ0n) is 11.5. The second-order valence-corrected chi connectivity index (χ2v) is 4.66. The van der Waals surface area contributed by atoms with Gasteiger partial charge in [0.15, 0.2) is 5.78 Å². The summed E-state index contributed by atoms with van der Waals surface area (Å²) >= 11 is 0. The van der Waals surface area contributed by atoms with E-state index in [1.165, 1.54) is 6.92 Å². The molecule has 0 aromatic heterocycles. The summed E-state index contributed by atoms with van der Waals surface area (Å²) in [7, 11) is 0.